The first-order valence-corrected chi connectivity index (χ1v) is 8.32. The molecule has 138 valence electrons. The molecule has 0 saturated carbocycles. The maximum atomic E-state index is 12.9. The molecule has 2 aromatic rings. The van der Waals surface area contributed by atoms with Crippen LogP contribution in [0, 0.1) is 6.92 Å². The van der Waals surface area contributed by atoms with Crippen LogP contribution < -0.4 is 0 Å². The second-order valence-corrected chi connectivity index (χ2v) is 6.57. The summed E-state index contributed by atoms with van der Waals surface area (Å²) in [7, 11) is 0. The minimum absolute atomic E-state index is 0.172. The van der Waals surface area contributed by atoms with Crippen molar-refractivity contribution in [2.24, 2.45) is 0 Å². The van der Waals surface area contributed by atoms with Crippen molar-refractivity contribution >= 4 is 5.91 Å². The smallest absolute Gasteiger partial charge is 0.385 e. The number of likely N-dealkylation sites (tertiary alicyclic amines) is 1. The Hall–Kier alpha value is -2.41. The molecule has 0 spiro atoms. The molecule has 1 aromatic heterocycles. The lowest BCUT2D eigenvalue weighted by atomic mass is 9.83. The molecule has 1 N–H and O–H groups in total. The highest BCUT2D eigenvalue weighted by Gasteiger charge is 2.38. The van der Waals surface area contributed by atoms with Crippen molar-refractivity contribution in [3.63, 3.8) is 0 Å². The average Bonchev–Trinajstić information content (AvgIpc) is 2.61. The summed E-state index contributed by atoms with van der Waals surface area (Å²) >= 11 is 0. The van der Waals surface area contributed by atoms with Gasteiger partial charge in [-0.2, -0.15) is 13.2 Å². The van der Waals surface area contributed by atoms with Gasteiger partial charge in [0.2, 0.25) is 0 Å². The highest BCUT2D eigenvalue weighted by Crippen LogP contribution is 2.36. The molecular weight excluding hydrogens is 345 g/mol. The number of carbonyl (C=O) groups is 1. The number of aromatic nitrogens is 1. The molecule has 1 saturated heterocycles. The fourth-order valence-corrected chi connectivity index (χ4v) is 3.18. The van der Waals surface area contributed by atoms with Crippen molar-refractivity contribution < 1.29 is 23.1 Å². The Morgan fingerprint density at radius 3 is 2.42 bits per heavy atom. The zero-order chi connectivity index (χ0) is 18.9. The Morgan fingerprint density at radius 1 is 1.15 bits per heavy atom. The first-order chi connectivity index (χ1) is 12.2. The van der Waals surface area contributed by atoms with Gasteiger partial charge >= 0.3 is 6.18 Å². The molecule has 1 aromatic carbocycles. The lowest BCUT2D eigenvalue weighted by molar-refractivity contribution is -0.137. The quantitative estimate of drug-likeness (QED) is 0.887. The lowest BCUT2D eigenvalue weighted by Gasteiger charge is -2.38. The van der Waals surface area contributed by atoms with E-state index in [4.69, 9.17) is 0 Å². The van der Waals surface area contributed by atoms with Gasteiger partial charge in [0.1, 0.15) is 5.69 Å². The fraction of sp³-hybridized carbons (Fsp3) is 0.368. The van der Waals surface area contributed by atoms with Crippen LogP contribution in [-0.2, 0) is 11.8 Å². The molecule has 7 heteroatoms. The summed E-state index contributed by atoms with van der Waals surface area (Å²) in [6.07, 6.45) is -4.11. The third kappa shape index (κ3) is 3.72. The number of halogens is 3. The standard InChI is InChI=1S/C19H19F3N2O2/c1-13-4-2-7-16(23-13)17(25)24-10-8-18(26,9-11-24)14-5-3-6-15(12-14)19(20,21)22/h2-7,12,26H,8-11H2,1H3. The summed E-state index contributed by atoms with van der Waals surface area (Å²) in [4.78, 5) is 18.3. The Labute approximate surface area is 149 Å². The summed E-state index contributed by atoms with van der Waals surface area (Å²) in [6.45, 7) is 2.29. The molecule has 1 amide bonds. The van der Waals surface area contributed by atoms with E-state index in [-0.39, 0.29) is 37.4 Å². The minimum Gasteiger partial charge on any atom is -0.385 e. The molecule has 0 radical (unpaired) electrons. The van der Waals surface area contributed by atoms with Gasteiger partial charge in [-0.05, 0) is 49.6 Å². The van der Waals surface area contributed by atoms with Gasteiger partial charge in [-0.1, -0.05) is 18.2 Å². The van der Waals surface area contributed by atoms with E-state index in [2.05, 4.69) is 4.98 Å². The molecule has 0 aliphatic carbocycles. The van der Waals surface area contributed by atoms with Crippen molar-refractivity contribution in [3.05, 3.63) is 65.0 Å². The largest absolute Gasteiger partial charge is 0.416 e. The van der Waals surface area contributed by atoms with E-state index in [1.165, 1.54) is 12.1 Å². The van der Waals surface area contributed by atoms with Crippen molar-refractivity contribution in [1.82, 2.24) is 9.88 Å². The van der Waals surface area contributed by atoms with Gasteiger partial charge in [-0.15, -0.1) is 0 Å². The van der Waals surface area contributed by atoms with E-state index >= 15 is 0 Å². The van der Waals surface area contributed by atoms with E-state index in [0.29, 0.717) is 5.69 Å². The van der Waals surface area contributed by atoms with Crippen LogP contribution in [0.1, 0.15) is 40.2 Å². The number of carbonyl (C=O) groups excluding carboxylic acids is 1. The highest BCUT2D eigenvalue weighted by molar-refractivity contribution is 5.92. The van der Waals surface area contributed by atoms with Crippen LogP contribution in [0.3, 0.4) is 0 Å². The molecule has 0 unspecified atom stereocenters. The number of alkyl halides is 3. The Morgan fingerprint density at radius 2 is 1.81 bits per heavy atom. The van der Waals surface area contributed by atoms with E-state index < -0.39 is 17.3 Å². The second kappa shape index (κ2) is 6.72. The van der Waals surface area contributed by atoms with Crippen LogP contribution in [-0.4, -0.2) is 34.0 Å². The normalized spacial score (nSPS) is 17.2. The number of nitrogens with zero attached hydrogens (tertiary/aromatic N) is 2. The number of amides is 1. The lowest BCUT2D eigenvalue weighted by Crippen LogP contribution is -2.45. The number of rotatable bonds is 2. The SMILES string of the molecule is Cc1cccc(C(=O)N2CCC(O)(c3cccc(C(F)(F)F)c3)CC2)n1. The van der Waals surface area contributed by atoms with Crippen LogP contribution in [0.15, 0.2) is 42.5 Å². The summed E-state index contributed by atoms with van der Waals surface area (Å²) in [5, 5.41) is 10.8. The number of hydrogen-bond donors (Lipinski definition) is 1. The zero-order valence-electron chi connectivity index (χ0n) is 14.3. The molecule has 3 rings (SSSR count). The second-order valence-electron chi connectivity index (χ2n) is 6.57. The van der Waals surface area contributed by atoms with Gasteiger partial charge < -0.3 is 10.0 Å². The van der Waals surface area contributed by atoms with Crippen LogP contribution >= 0.6 is 0 Å². The first kappa shape index (κ1) is 18.4. The number of piperidine rings is 1. The van der Waals surface area contributed by atoms with Crippen LogP contribution in [0.2, 0.25) is 0 Å². The maximum absolute atomic E-state index is 12.9. The van der Waals surface area contributed by atoms with Gasteiger partial charge in [0, 0.05) is 18.8 Å². The highest BCUT2D eigenvalue weighted by atomic mass is 19.4. The molecule has 1 aliphatic rings. The first-order valence-electron chi connectivity index (χ1n) is 8.32. The number of hydrogen-bond acceptors (Lipinski definition) is 3. The summed E-state index contributed by atoms with van der Waals surface area (Å²) in [5.74, 6) is -0.236. The molecular formula is C19H19F3N2O2. The molecule has 0 atom stereocenters. The number of pyridine rings is 1. The molecule has 4 nitrogen and oxygen atoms in total. The van der Waals surface area contributed by atoms with Crippen LogP contribution in [0.25, 0.3) is 0 Å². The Balaban J connectivity index is 1.74. The topological polar surface area (TPSA) is 53.4 Å². The van der Waals surface area contributed by atoms with Crippen molar-refractivity contribution in [2.75, 3.05) is 13.1 Å². The van der Waals surface area contributed by atoms with Gasteiger partial charge in [0.15, 0.2) is 0 Å². The van der Waals surface area contributed by atoms with Gasteiger partial charge in [0.05, 0.1) is 11.2 Å². The number of aryl methyl sites for hydroxylation is 1. The van der Waals surface area contributed by atoms with E-state index in [9.17, 15) is 23.1 Å². The fourth-order valence-electron chi connectivity index (χ4n) is 3.18. The average molecular weight is 364 g/mol. The molecule has 0 bridgehead atoms. The van der Waals surface area contributed by atoms with E-state index in [0.717, 1.165) is 17.8 Å². The third-order valence-corrected chi connectivity index (χ3v) is 4.71. The molecule has 2 heterocycles. The maximum Gasteiger partial charge on any atom is 0.416 e. The van der Waals surface area contributed by atoms with Crippen LogP contribution in [0.4, 0.5) is 13.2 Å². The van der Waals surface area contributed by atoms with Gasteiger partial charge in [-0.3, -0.25) is 4.79 Å². The molecule has 26 heavy (non-hydrogen) atoms. The van der Waals surface area contributed by atoms with Crippen molar-refractivity contribution in [2.45, 2.75) is 31.5 Å². The summed E-state index contributed by atoms with van der Waals surface area (Å²) in [6, 6.07) is 9.93. The number of aliphatic hydroxyl groups is 1. The Bertz CT molecular complexity index is 812. The van der Waals surface area contributed by atoms with Gasteiger partial charge in [0.25, 0.3) is 5.91 Å². The molecule has 1 fully saturated rings. The minimum atomic E-state index is -4.46. The number of benzene rings is 1. The van der Waals surface area contributed by atoms with Gasteiger partial charge in [-0.25, -0.2) is 4.98 Å². The zero-order valence-corrected chi connectivity index (χ0v) is 14.3. The molecule has 1 aliphatic heterocycles. The summed E-state index contributed by atoms with van der Waals surface area (Å²) < 4.78 is 38.7. The van der Waals surface area contributed by atoms with Crippen molar-refractivity contribution in [3.8, 4) is 0 Å². The monoisotopic (exact) mass is 364 g/mol. The van der Waals surface area contributed by atoms with E-state index in [1.807, 2.05) is 0 Å². The predicted molar refractivity (Wildman–Crippen MR) is 89.5 cm³/mol. The van der Waals surface area contributed by atoms with E-state index in [1.54, 1.807) is 30.0 Å². The third-order valence-electron chi connectivity index (χ3n) is 4.71. The Kier molecular flexibility index (Phi) is 4.75. The predicted octanol–water partition coefficient (Wildman–Crippen LogP) is 3.53. The summed E-state index contributed by atoms with van der Waals surface area (Å²) in [5.41, 5.74) is -0.875. The van der Waals surface area contributed by atoms with Crippen molar-refractivity contribution in [1.29, 1.82) is 0 Å². The van der Waals surface area contributed by atoms with Crippen LogP contribution in [0.5, 0.6) is 0 Å².